The smallest absolute Gasteiger partial charge is 0.291 e. The molecule has 0 spiro atoms. The number of nitrogens with one attached hydrogen (secondary N) is 1. The van der Waals surface area contributed by atoms with Crippen LogP contribution in [-0.4, -0.2) is 22.9 Å². The molecule has 1 fully saturated rings. The molecule has 0 saturated heterocycles. The summed E-state index contributed by atoms with van der Waals surface area (Å²) in [5.74, 6) is -0.427. The van der Waals surface area contributed by atoms with Crippen molar-refractivity contribution >= 4 is 17.6 Å². The van der Waals surface area contributed by atoms with Crippen molar-refractivity contribution in [2.24, 2.45) is 0 Å². The van der Waals surface area contributed by atoms with Crippen molar-refractivity contribution in [3.63, 3.8) is 0 Å². The van der Waals surface area contributed by atoms with E-state index in [1.165, 1.54) is 6.42 Å². The van der Waals surface area contributed by atoms with Gasteiger partial charge in [-0.2, -0.15) is 0 Å². The van der Waals surface area contributed by atoms with E-state index in [0.29, 0.717) is 5.57 Å². The fourth-order valence-electron chi connectivity index (χ4n) is 3.13. The van der Waals surface area contributed by atoms with Crippen LogP contribution in [0.4, 0.5) is 4.79 Å². The van der Waals surface area contributed by atoms with E-state index in [1.54, 1.807) is 11.8 Å². The Bertz CT molecular complexity index is 628. The van der Waals surface area contributed by atoms with Crippen LogP contribution in [-0.2, 0) is 4.79 Å². The minimum atomic E-state index is -0.427. The van der Waals surface area contributed by atoms with Gasteiger partial charge in [0.25, 0.3) is 5.91 Å². The number of hydrogen-bond donors (Lipinski definition) is 1. The van der Waals surface area contributed by atoms with Crippen LogP contribution in [0.2, 0.25) is 0 Å². The average Bonchev–Trinajstić information content (AvgIpc) is 2.60. The summed E-state index contributed by atoms with van der Waals surface area (Å²) in [5, 5.41) is 2.47. The quantitative estimate of drug-likeness (QED) is 0.829. The van der Waals surface area contributed by atoms with Crippen LogP contribution in [0.5, 0.6) is 0 Å². The lowest BCUT2D eigenvalue weighted by molar-refractivity contribution is -0.116. The highest BCUT2D eigenvalue weighted by molar-refractivity contribution is 6.04. The van der Waals surface area contributed by atoms with Crippen LogP contribution in [0.1, 0.15) is 51.5 Å². The van der Waals surface area contributed by atoms with Gasteiger partial charge in [0.1, 0.15) is 0 Å². The van der Waals surface area contributed by atoms with Crippen LogP contribution in [0.25, 0.3) is 5.70 Å². The van der Waals surface area contributed by atoms with Crippen LogP contribution in [0.3, 0.4) is 0 Å². The van der Waals surface area contributed by atoms with Gasteiger partial charge < -0.3 is 0 Å². The summed E-state index contributed by atoms with van der Waals surface area (Å²) in [6.45, 7) is 7.13. The van der Waals surface area contributed by atoms with E-state index in [-0.39, 0.29) is 12.1 Å². The number of imide groups is 1. The largest absolute Gasteiger partial charge is 0.329 e. The lowest BCUT2D eigenvalue weighted by Crippen LogP contribution is -2.47. The van der Waals surface area contributed by atoms with Crippen LogP contribution in [0.15, 0.2) is 48.6 Å². The molecule has 4 heteroatoms. The Hall–Kier alpha value is -2.36. The highest BCUT2D eigenvalue weighted by Crippen LogP contribution is 2.30. The van der Waals surface area contributed by atoms with Gasteiger partial charge in [-0.3, -0.25) is 15.0 Å². The number of nitrogens with zero attached hydrogens (tertiary/aromatic N) is 1. The second kappa shape index (κ2) is 8.48. The monoisotopic (exact) mass is 326 g/mol. The Morgan fingerprint density at radius 3 is 2.33 bits per heavy atom. The topological polar surface area (TPSA) is 49.4 Å². The summed E-state index contributed by atoms with van der Waals surface area (Å²) in [5.41, 5.74) is 2.15. The predicted molar refractivity (Wildman–Crippen MR) is 97.2 cm³/mol. The lowest BCUT2D eigenvalue weighted by Gasteiger charge is -2.36. The highest BCUT2D eigenvalue weighted by atomic mass is 16.2. The van der Waals surface area contributed by atoms with E-state index in [1.807, 2.05) is 43.3 Å². The molecule has 0 atom stereocenters. The molecule has 1 saturated carbocycles. The molecule has 0 aromatic heterocycles. The molecule has 1 aromatic rings. The number of amides is 3. The third kappa shape index (κ3) is 4.34. The first-order valence-corrected chi connectivity index (χ1v) is 8.56. The molecule has 0 unspecified atom stereocenters. The maximum absolute atomic E-state index is 12.8. The summed E-state index contributed by atoms with van der Waals surface area (Å²) < 4.78 is 0. The first kappa shape index (κ1) is 18.0. The molecule has 3 amide bonds. The Labute approximate surface area is 144 Å². The van der Waals surface area contributed by atoms with Gasteiger partial charge in [0, 0.05) is 17.3 Å². The summed E-state index contributed by atoms with van der Waals surface area (Å²) in [4.78, 5) is 26.5. The molecular weight excluding hydrogens is 300 g/mol. The van der Waals surface area contributed by atoms with Crippen LogP contribution in [0, 0.1) is 0 Å². The molecular formula is C20H26N2O2. The van der Waals surface area contributed by atoms with Gasteiger partial charge in [-0.25, -0.2) is 4.79 Å². The van der Waals surface area contributed by atoms with Gasteiger partial charge in [-0.15, -0.1) is 0 Å². The summed E-state index contributed by atoms with van der Waals surface area (Å²) in [6.07, 6.45) is 7.27. The van der Waals surface area contributed by atoms with Gasteiger partial charge in [0.2, 0.25) is 0 Å². The number of rotatable bonds is 4. The Morgan fingerprint density at radius 1 is 1.17 bits per heavy atom. The third-order valence-electron chi connectivity index (χ3n) is 4.37. The predicted octanol–water partition coefficient (Wildman–Crippen LogP) is 4.49. The summed E-state index contributed by atoms with van der Waals surface area (Å²) in [6, 6.07) is 9.57. The van der Waals surface area contributed by atoms with Crippen molar-refractivity contribution in [1.29, 1.82) is 0 Å². The van der Waals surface area contributed by atoms with E-state index in [9.17, 15) is 9.59 Å². The van der Waals surface area contributed by atoms with Crippen molar-refractivity contribution in [3.8, 4) is 0 Å². The number of benzene rings is 1. The normalized spacial score (nSPS) is 15.7. The molecule has 1 N–H and O–H groups in total. The van der Waals surface area contributed by atoms with Gasteiger partial charge in [-0.1, -0.05) is 62.2 Å². The molecule has 128 valence electrons. The maximum Gasteiger partial charge on any atom is 0.329 e. The lowest BCUT2D eigenvalue weighted by atomic mass is 9.93. The second-order valence-electron chi connectivity index (χ2n) is 6.24. The third-order valence-corrected chi connectivity index (χ3v) is 4.37. The minimum Gasteiger partial charge on any atom is -0.291 e. The number of hydrogen-bond acceptors (Lipinski definition) is 2. The standard InChI is InChI=1S/C20H26N2O2/c1-4-18(16-11-7-5-8-12-16)22(17-13-9-6-10-14-17)20(24)21-19(23)15(2)3/h4-5,7-8,11-12,17H,2,6,9-10,13-14H2,1,3H3,(H,21,23,24)/b18-4+. The zero-order valence-electron chi connectivity index (χ0n) is 14.5. The molecule has 1 aliphatic carbocycles. The first-order chi connectivity index (χ1) is 11.5. The Kier molecular flexibility index (Phi) is 6.36. The van der Waals surface area contributed by atoms with Crippen LogP contribution >= 0.6 is 0 Å². The molecule has 0 heterocycles. The summed E-state index contributed by atoms with van der Waals surface area (Å²) in [7, 11) is 0. The summed E-state index contributed by atoms with van der Waals surface area (Å²) >= 11 is 0. The number of carbonyl (C=O) groups excluding carboxylic acids is 2. The van der Waals surface area contributed by atoms with Crippen molar-refractivity contribution < 1.29 is 9.59 Å². The van der Waals surface area contributed by atoms with Crippen molar-refractivity contribution in [1.82, 2.24) is 10.2 Å². The molecule has 1 aromatic carbocycles. The van der Waals surface area contributed by atoms with Crippen LogP contribution < -0.4 is 5.32 Å². The fourth-order valence-corrected chi connectivity index (χ4v) is 3.13. The number of allylic oxidation sites excluding steroid dienone is 1. The van der Waals surface area contributed by atoms with E-state index in [4.69, 9.17) is 0 Å². The molecule has 2 rings (SSSR count). The number of carbonyl (C=O) groups is 2. The zero-order chi connectivity index (χ0) is 17.5. The molecule has 0 radical (unpaired) electrons. The minimum absolute atomic E-state index is 0.114. The fraction of sp³-hybridized carbons (Fsp3) is 0.400. The molecule has 0 bridgehead atoms. The van der Waals surface area contributed by atoms with E-state index < -0.39 is 5.91 Å². The van der Waals surface area contributed by atoms with Gasteiger partial charge in [0.05, 0.1) is 0 Å². The molecule has 0 aliphatic heterocycles. The molecule has 1 aliphatic rings. The zero-order valence-corrected chi connectivity index (χ0v) is 14.5. The van der Waals surface area contributed by atoms with Crippen molar-refractivity contribution in [3.05, 3.63) is 54.1 Å². The highest BCUT2D eigenvalue weighted by Gasteiger charge is 2.29. The van der Waals surface area contributed by atoms with E-state index in [0.717, 1.165) is 36.9 Å². The van der Waals surface area contributed by atoms with Crippen molar-refractivity contribution in [2.75, 3.05) is 0 Å². The van der Waals surface area contributed by atoms with E-state index >= 15 is 0 Å². The van der Waals surface area contributed by atoms with Gasteiger partial charge in [-0.05, 0) is 32.3 Å². The molecule has 24 heavy (non-hydrogen) atoms. The average molecular weight is 326 g/mol. The Balaban J connectivity index is 2.32. The SMILES string of the molecule is C=C(C)C(=O)NC(=O)N(/C(=C/C)c1ccccc1)C1CCCCC1. The maximum atomic E-state index is 12.8. The first-order valence-electron chi connectivity index (χ1n) is 8.56. The second-order valence-corrected chi connectivity index (χ2v) is 6.24. The van der Waals surface area contributed by atoms with Gasteiger partial charge >= 0.3 is 6.03 Å². The Morgan fingerprint density at radius 2 is 1.79 bits per heavy atom. The molecule has 4 nitrogen and oxygen atoms in total. The van der Waals surface area contributed by atoms with Gasteiger partial charge in [0.15, 0.2) is 0 Å². The van der Waals surface area contributed by atoms with Crippen molar-refractivity contribution in [2.45, 2.75) is 52.0 Å². The van der Waals surface area contributed by atoms with E-state index in [2.05, 4.69) is 11.9 Å². The number of urea groups is 1.